The summed E-state index contributed by atoms with van der Waals surface area (Å²) in [6.45, 7) is 1.65. The number of halogens is 1. The first kappa shape index (κ1) is 18.7. The third-order valence-electron chi connectivity index (χ3n) is 3.96. The predicted octanol–water partition coefficient (Wildman–Crippen LogP) is 5.32. The van der Waals surface area contributed by atoms with Crippen LogP contribution in [0.2, 0.25) is 0 Å². The van der Waals surface area contributed by atoms with E-state index in [2.05, 4.69) is 27.7 Å². The zero-order valence-electron chi connectivity index (χ0n) is 14.5. The van der Waals surface area contributed by atoms with Gasteiger partial charge in [0, 0.05) is 3.57 Å². The number of hydrogen-bond donors (Lipinski definition) is 0. The van der Waals surface area contributed by atoms with E-state index in [1.807, 2.05) is 24.3 Å². The Hall–Kier alpha value is -2.09. The van der Waals surface area contributed by atoms with E-state index in [1.165, 1.54) is 0 Å². The van der Waals surface area contributed by atoms with Gasteiger partial charge in [0.15, 0.2) is 6.10 Å². The molecule has 1 atom stereocenters. The number of carbonyl (C=O) groups excluding carboxylic acids is 1. The number of hydrogen-bond acceptors (Lipinski definition) is 5. The van der Waals surface area contributed by atoms with Gasteiger partial charge in [0.2, 0.25) is 0 Å². The normalized spacial score (nSPS) is 14.6. The Morgan fingerprint density at radius 1 is 0.962 bits per heavy atom. The summed E-state index contributed by atoms with van der Waals surface area (Å²) in [7, 11) is 0. The Balaban J connectivity index is 1.52. The fourth-order valence-corrected chi connectivity index (χ4v) is 2.89. The molecule has 1 fully saturated rings. The molecule has 0 saturated heterocycles. The van der Waals surface area contributed by atoms with E-state index in [0.29, 0.717) is 11.5 Å². The maximum absolute atomic E-state index is 12.0. The van der Waals surface area contributed by atoms with E-state index in [4.69, 9.17) is 14.3 Å². The number of oxime groups is 1. The average Bonchev–Trinajstić information content (AvgIpc) is 3.17. The standard InChI is InChI=1S/C20H20INO4/c1-14(20(23)26-22-16-4-2-3-5-16)24-17-10-12-19(13-11-17)25-18-8-6-15(21)7-9-18/h6-14H,2-5H2,1H3. The van der Waals surface area contributed by atoms with Gasteiger partial charge < -0.3 is 14.3 Å². The van der Waals surface area contributed by atoms with Crippen molar-refractivity contribution in [1.29, 1.82) is 0 Å². The Morgan fingerprint density at radius 2 is 1.50 bits per heavy atom. The fourth-order valence-electron chi connectivity index (χ4n) is 2.54. The summed E-state index contributed by atoms with van der Waals surface area (Å²) in [5.74, 6) is 1.53. The van der Waals surface area contributed by atoms with Gasteiger partial charge in [-0.05, 0) is 104 Å². The molecule has 1 aliphatic carbocycles. The van der Waals surface area contributed by atoms with Crippen molar-refractivity contribution in [1.82, 2.24) is 0 Å². The van der Waals surface area contributed by atoms with Gasteiger partial charge in [-0.3, -0.25) is 0 Å². The number of carbonyl (C=O) groups is 1. The van der Waals surface area contributed by atoms with Crippen LogP contribution in [0.15, 0.2) is 53.7 Å². The molecule has 0 radical (unpaired) electrons. The van der Waals surface area contributed by atoms with Crippen molar-refractivity contribution in [2.45, 2.75) is 38.7 Å². The molecule has 0 aromatic heterocycles. The minimum absolute atomic E-state index is 0.497. The maximum atomic E-state index is 12.0. The average molecular weight is 465 g/mol. The first-order chi connectivity index (χ1) is 12.6. The van der Waals surface area contributed by atoms with Crippen molar-refractivity contribution in [3.8, 4) is 17.2 Å². The summed E-state index contributed by atoms with van der Waals surface area (Å²) in [5, 5.41) is 3.92. The fraction of sp³-hybridized carbons (Fsp3) is 0.300. The molecule has 5 nitrogen and oxygen atoms in total. The van der Waals surface area contributed by atoms with Crippen LogP contribution in [0.4, 0.5) is 0 Å². The Morgan fingerprint density at radius 3 is 2.12 bits per heavy atom. The van der Waals surface area contributed by atoms with Gasteiger partial charge in [0.1, 0.15) is 17.2 Å². The summed E-state index contributed by atoms with van der Waals surface area (Å²) >= 11 is 2.25. The lowest BCUT2D eigenvalue weighted by molar-refractivity contribution is -0.151. The summed E-state index contributed by atoms with van der Waals surface area (Å²) < 4.78 is 12.5. The molecule has 6 heteroatoms. The van der Waals surface area contributed by atoms with Crippen molar-refractivity contribution in [2.75, 3.05) is 0 Å². The molecule has 0 amide bonds. The van der Waals surface area contributed by atoms with E-state index >= 15 is 0 Å². The lowest BCUT2D eigenvalue weighted by Crippen LogP contribution is -2.25. The minimum Gasteiger partial charge on any atom is -0.479 e. The zero-order chi connectivity index (χ0) is 18.4. The molecule has 0 heterocycles. The molecule has 26 heavy (non-hydrogen) atoms. The number of rotatable bonds is 6. The molecule has 0 spiro atoms. The van der Waals surface area contributed by atoms with Crippen LogP contribution in [0.25, 0.3) is 0 Å². The molecule has 1 saturated carbocycles. The highest BCUT2D eigenvalue weighted by Crippen LogP contribution is 2.25. The van der Waals surface area contributed by atoms with Crippen LogP contribution in [0.5, 0.6) is 17.2 Å². The monoisotopic (exact) mass is 465 g/mol. The van der Waals surface area contributed by atoms with E-state index in [0.717, 1.165) is 40.7 Å². The largest absolute Gasteiger partial charge is 0.479 e. The molecule has 1 unspecified atom stereocenters. The first-order valence-electron chi connectivity index (χ1n) is 8.57. The van der Waals surface area contributed by atoms with Crippen LogP contribution in [0, 0.1) is 3.57 Å². The van der Waals surface area contributed by atoms with E-state index < -0.39 is 12.1 Å². The molecule has 2 aromatic rings. The maximum Gasteiger partial charge on any atom is 0.374 e. The molecule has 0 bridgehead atoms. The minimum atomic E-state index is -0.733. The highest BCUT2D eigenvalue weighted by atomic mass is 127. The summed E-state index contributed by atoms with van der Waals surface area (Å²) in [6.07, 6.45) is 3.30. The van der Waals surface area contributed by atoms with Gasteiger partial charge in [-0.25, -0.2) is 4.79 Å². The first-order valence-corrected chi connectivity index (χ1v) is 9.65. The van der Waals surface area contributed by atoms with E-state index in [-0.39, 0.29) is 0 Å². The van der Waals surface area contributed by atoms with Crippen molar-refractivity contribution in [3.63, 3.8) is 0 Å². The molecule has 0 N–H and O–H groups in total. The molecule has 2 aromatic carbocycles. The number of nitrogens with zero attached hydrogens (tertiary/aromatic N) is 1. The van der Waals surface area contributed by atoms with Gasteiger partial charge in [-0.2, -0.15) is 0 Å². The molecule has 136 valence electrons. The molecular weight excluding hydrogens is 445 g/mol. The van der Waals surface area contributed by atoms with Crippen LogP contribution in [0.1, 0.15) is 32.6 Å². The number of ether oxygens (including phenoxy) is 2. The molecule has 3 rings (SSSR count). The highest BCUT2D eigenvalue weighted by molar-refractivity contribution is 14.1. The second kappa shape index (κ2) is 9.02. The van der Waals surface area contributed by atoms with Crippen molar-refractivity contribution in [3.05, 3.63) is 52.1 Å². The second-order valence-electron chi connectivity index (χ2n) is 6.06. The van der Waals surface area contributed by atoms with Crippen molar-refractivity contribution < 1.29 is 19.1 Å². The lowest BCUT2D eigenvalue weighted by atomic mass is 10.3. The summed E-state index contributed by atoms with van der Waals surface area (Å²) in [4.78, 5) is 16.9. The second-order valence-corrected chi connectivity index (χ2v) is 7.31. The van der Waals surface area contributed by atoms with Crippen LogP contribution in [-0.2, 0) is 9.63 Å². The highest BCUT2D eigenvalue weighted by Gasteiger charge is 2.18. The van der Waals surface area contributed by atoms with Gasteiger partial charge in [0.25, 0.3) is 0 Å². The van der Waals surface area contributed by atoms with Gasteiger partial charge in [-0.1, -0.05) is 5.16 Å². The van der Waals surface area contributed by atoms with Crippen LogP contribution in [0.3, 0.4) is 0 Å². The van der Waals surface area contributed by atoms with Crippen LogP contribution >= 0.6 is 22.6 Å². The van der Waals surface area contributed by atoms with Crippen LogP contribution in [-0.4, -0.2) is 17.8 Å². The lowest BCUT2D eigenvalue weighted by Gasteiger charge is -2.12. The zero-order valence-corrected chi connectivity index (χ0v) is 16.6. The van der Waals surface area contributed by atoms with Crippen LogP contribution < -0.4 is 9.47 Å². The molecule has 0 aliphatic heterocycles. The topological polar surface area (TPSA) is 57.1 Å². The van der Waals surface area contributed by atoms with Gasteiger partial charge in [0.05, 0.1) is 5.71 Å². The Bertz CT molecular complexity index is 763. The van der Waals surface area contributed by atoms with E-state index in [1.54, 1.807) is 31.2 Å². The molecule has 1 aliphatic rings. The third kappa shape index (κ3) is 5.45. The van der Waals surface area contributed by atoms with Crippen molar-refractivity contribution in [2.24, 2.45) is 5.16 Å². The Labute approximate surface area is 166 Å². The predicted molar refractivity (Wildman–Crippen MR) is 108 cm³/mol. The molecular formula is C20H20INO4. The SMILES string of the molecule is CC(Oc1ccc(Oc2ccc(I)cc2)cc1)C(=O)ON=C1CCCC1. The van der Waals surface area contributed by atoms with E-state index in [9.17, 15) is 4.79 Å². The van der Waals surface area contributed by atoms with Gasteiger partial charge >= 0.3 is 5.97 Å². The smallest absolute Gasteiger partial charge is 0.374 e. The summed E-state index contributed by atoms with van der Waals surface area (Å²) in [5.41, 5.74) is 0.947. The quantitative estimate of drug-likeness (QED) is 0.329. The third-order valence-corrected chi connectivity index (χ3v) is 4.68. The Kier molecular flexibility index (Phi) is 6.49. The summed E-state index contributed by atoms with van der Waals surface area (Å²) in [6, 6.07) is 14.9. The van der Waals surface area contributed by atoms with Crippen molar-refractivity contribution >= 4 is 34.3 Å². The number of benzene rings is 2. The van der Waals surface area contributed by atoms with Gasteiger partial charge in [-0.15, -0.1) is 0 Å².